The number of aryl methyl sites for hydroxylation is 1. The molecule has 0 N–H and O–H groups in total. The van der Waals surface area contributed by atoms with Gasteiger partial charge in [0.25, 0.3) is 0 Å². The van der Waals surface area contributed by atoms with Gasteiger partial charge in [0.15, 0.2) is 5.15 Å². The molecule has 2 nitrogen and oxygen atoms in total. The third kappa shape index (κ3) is 1.34. The number of halogens is 1. The summed E-state index contributed by atoms with van der Waals surface area (Å²) in [4.78, 5) is 8.84. The molecule has 0 radical (unpaired) electrons. The third-order valence-electron chi connectivity index (χ3n) is 2.68. The molecule has 78 valence electrons. The summed E-state index contributed by atoms with van der Waals surface area (Å²) in [6, 6.07) is 12.1. The summed E-state index contributed by atoms with van der Waals surface area (Å²) in [6.45, 7) is 1.87. The van der Waals surface area contributed by atoms with Crippen molar-refractivity contribution >= 4 is 33.4 Å². The van der Waals surface area contributed by atoms with Crippen molar-refractivity contribution in [1.82, 2.24) is 9.97 Å². The highest BCUT2D eigenvalue weighted by Crippen LogP contribution is 2.24. The zero-order valence-corrected chi connectivity index (χ0v) is 9.49. The maximum Gasteiger partial charge on any atom is 0.150 e. The molecular formula is C13H9ClN2. The predicted octanol–water partition coefficient (Wildman–Crippen LogP) is 3.74. The molecule has 0 aliphatic heterocycles. The van der Waals surface area contributed by atoms with E-state index in [0.29, 0.717) is 5.15 Å². The van der Waals surface area contributed by atoms with Gasteiger partial charge in [0.05, 0.1) is 16.7 Å². The van der Waals surface area contributed by atoms with Crippen molar-refractivity contribution in [2.24, 2.45) is 0 Å². The van der Waals surface area contributed by atoms with Crippen LogP contribution in [0.25, 0.3) is 21.8 Å². The van der Waals surface area contributed by atoms with E-state index in [4.69, 9.17) is 11.6 Å². The van der Waals surface area contributed by atoms with Crippen LogP contribution in [0.5, 0.6) is 0 Å². The third-order valence-corrected chi connectivity index (χ3v) is 3.03. The molecule has 0 saturated carbocycles. The molecule has 16 heavy (non-hydrogen) atoms. The SMILES string of the molecule is Cc1nc2ccc3ccccc3c2nc1Cl. The van der Waals surface area contributed by atoms with Crippen LogP contribution < -0.4 is 0 Å². The van der Waals surface area contributed by atoms with E-state index in [2.05, 4.69) is 22.1 Å². The Morgan fingerprint density at radius 2 is 1.81 bits per heavy atom. The van der Waals surface area contributed by atoms with Crippen LogP contribution in [0.15, 0.2) is 36.4 Å². The first-order valence-corrected chi connectivity index (χ1v) is 5.45. The van der Waals surface area contributed by atoms with Crippen LogP contribution in [-0.2, 0) is 0 Å². The van der Waals surface area contributed by atoms with E-state index >= 15 is 0 Å². The molecule has 3 rings (SSSR count). The number of hydrogen-bond donors (Lipinski definition) is 0. The summed E-state index contributed by atoms with van der Waals surface area (Å²) in [5, 5.41) is 2.72. The van der Waals surface area contributed by atoms with E-state index in [9.17, 15) is 0 Å². The Balaban J connectivity index is 2.55. The van der Waals surface area contributed by atoms with Crippen molar-refractivity contribution in [2.45, 2.75) is 6.92 Å². The van der Waals surface area contributed by atoms with Gasteiger partial charge in [-0.15, -0.1) is 0 Å². The summed E-state index contributed by atoms with van der Waals surface area (Å²) in [5.74, 6) is 0. The van der Waals surface area contributed by atoms with Gasteiger partial charge in [0.1, 0.15) is 0 Å². The fourth-order valence-corrected chi connectivity index (χ4v) is 1.98. The van der Waals surface area contributed by atoms with E-state index in [1.807, 2.05) is 31.2 Å². The van der Waals surface area contributed by atoms with Crippen molar-refractivity contribution in [3.05, 3.63) is 47.2 Å². The largest absolute Gasteiger partial charge is 0.248 e. The molecule has 0 bridgehead atoms. The lowest BCUT2D eigenvalue weighted by Gasteiger charge is -2.04. The van der Waals surface area contributed by atoms with Crippen molar-refractivity contribution in [2.75, 3.05) is 0 Å². The Labute approximate surface area is 97.9 Å². The van der Waals surface area contributed by atoms with Crippen LogP contribution in [0, 0.1) is 6.92 Å². The molecule has 0 spiro atoms. The van der Waals surface area contributed by atoms with Gasteiger partial charge in [-0.05, 0) is 18.4 Å². The maximum absolute atomic E-state index is 6.01. The lowest BCUT2D eigenvalue weighted by Crippen LogP contribution is -1.90. The monoisotopic (exact) mass is 228 g/mol. The molecule has 1 aromatic heterocycles. The van der Waals surface area contributed by atoms with Crippen LogP contribution in [0.1, 0.15) is 5.69 Å². The molecule has 0 aliphatic carbocycles. The molecule has 1 heterocycles. The molecule has 2 aromatic carbocycles. The highest BCUT2D eigenvalue weighted by Gasteiger charge is 2.05. The molecule has 0 unspecified atom stereocenters. The van der Waals surface area contributed by atoms with E-state index in [-0.39, 0.29) is 0 Å². The summed E-state index contributed by atoms with van der Waals surface area (Å²) in [5.41, 5.74) is 2.53. The first kappa shape index (κ1) is 9.55. The van der Waals surface area contributed by atoms with Crippen LogP contribution in [0.4, 0.5) is 0 Å². The summed E-state index contributed by atoms with van der Waals surface area (Å²) >= 11 is 6.01. The quantitative estimate of drug-likeness (QED) is 0.548. The van der Waals surface area contributed by atoms with Gasteiger partial charge >= 0.3 is 0 Å². The fourth-order valence-electron chi connectivity index (χ4n) is 1.86. The Kier molecular flexibility index (Phi) is 2.04. The number of rotatable bonds is 0. The highest BCUT2D eigenvalue weighted by molar-refractivity contribution is 6.30. The maximum atomic E-state index is 6.01. The molecule has 3 heteroatoms. The topological polar surface area (TPSA) is 25.8 Å². The highest BCUT2D eigenvalue weighted by atomic mass is 35.5. The standard InChI is InChI=1S/C13H9ClN2/c1-8-13(14)16-12-10-5-3-2-4-9(10)6-7-11(12)15-8/h2-7H,1H3. The van der Waals surface area contributed by atoms with Gasteiger partial charge in [-0.2, -0.15) is 0 Å². The summed E-state index contributed by atoms with van der Waals surface area (Å²) < 4.78 is 0. The van der Waals surface area contributed by atoms with Gasteiger partial charge in [-0.1, -0.05) is 41.9 Å². The predicted molar refractivity (Wildman–Crippen MR) is 66.8 cm³/mol. The van der Waals surface area contributed by atoms with Gasteiger partial charge < -0.3 is 0 Å². The molecule has 0 aliphatic rings. The normalized spacial score (nSPS) is 11.1. The minimum atomic E-state index is 0.476. The number of nitrogens with zero attached hydrogens (tertiary/aromatic N) is 2. The van der Waals surface area contributed by atoms with E-state index in [1.54, 1.807) is 0 Å². The first-order valence-electron chi connectivity index (χ1n) is 5.07. The van der Waals surface area contributed by atoms with Gasteiger partial charge in [0, 0.05) is 5.39 Å². The molecule has 0 atom stereocenters. The van der Waals surface area contributed by atoms with Crippen LogP contribution in [-0.4, -0.2) is 9.97 Å². The summed E-state index contributed by atoms with van der Waals surface area (Å²) in [6.07, 6.45) is 0. The second-order valence-electron chi connectivity index (χ2n) is 3.75. The smallest absolute Gasteiger partial charge is 0.150 e. The lowest BCUT2D eigenvalue weighted by molar-refractivity contribution is 1.19. The van der Waals surface area contributed by atoms with Crippen LogP contribution in [0.3, 0.4) is 0 Å². The second kappa shape index (κ2) is 3.42. The van der Waals surface area contributed by atoms with Crippen LogP contribution >= 0.6 is 11.6 Å². The van der Waals surface area contributed by atoms with Gasteiger partial charge in [-0.25, -0.2) is 9.97 Å². The average molecular weight is 229 g/mol. The number of hydrogen-bond acceptors (Lipinski definition) is 2. The number of benzene rings is 2. The van der Waals surface area contributed by atoms with Crippen molar-refractivity contribution in [1.29, 1.82) is 0 Å². The number of aromatic nitrogens is 2. The summed E-state index contributed by atoms with van der Waals surface area (Å²) in [7, 11) is 0. The Morgan fingerprint density at radius 3 is 2.69 bits per heavy atom. The van der Waals surface area contributed by atoms with E-state index < -0.39 is 0 Å². The number of fused-ring (bicyclic) bond motifs is 3. The molecule has 0 fully saturated rings. The van der Waals surface area contributed by atoms with Gasteiger partial charge in [0.2, 0.25) is 0 Å². The van der Waals surface area contributed by atoms with E-state index in [0.717, 1.165) is 27.5 Å². The molecular weight excluding hydrogens is 220 g/mol. The molecule has 0 amide bonds. The Bertz CT molecular complexity index is 692. The van der Waals surface area contributed by atoms with Crippen molar-refractivity contribution < 1.29 is 0 Å². The van der Waals surface area contributed by atoms with Crippen molar-refractivity contribution in [3.63, 3.8) is 0 Å². The average Bonchev–Trinajstić information content (AvgIpc) is 2.31. The zero-order chi connectivity index (χ0) is 11.1. The molecule has 0 saturated heterocycles. The lowest BCUT2D eigenvalue weighted by atomic mass is 10.1. The molecule has 3 aromatic rings. The van der Waals surface area contributed by atoms with E-state index in [1.165, 1.54) is 0 Å². The fraction of sp³-hybridized carbons (Fsp3) is 0.0769. The minimum absolute atomic E-state index is 0.476. The Morgan fingerprint density at radius 1 is 1.00 bits per heavy atom. The zero-order valence-electron chi connectivity index (χ0n) is 8.74. The Hall–Kier alpha value is -1.67. The van der Waals surface area contributed by atoms with Gasteiger partial charge in [-0.3, -0.25) is 0 Å². The minimum Gasteiger partial charge on any atom is -0.248 e. The van der Waals surface area contributed by atoms with Crippen molar-refractivity contribution in [3.8, 4) is 0 Å². The first-order chi connectivity index (χ1) is 7.75. The van der Waals surface area contributed by atoms with Crippen LogP contribution in [0.2, 0.25) is 5.15 Å². The second-order valence-corrected chi connectivity index (χ2v) is 4.11.